The van der Waals surface area contributed by atoms with Crippen LogP contribution in [0, 0.1) is 6.92 Å². The maximum atomic E-state index is 11.8. The van der Waals surface area contributed by atoms with E-state index in [4.69, 9.17) is 4.74 Å². The summed E-state index contributed by atoms with van der Waals surface area (Å²) in [6, 6.07) is 7.55. The Kier molecular flexibility index (Phi) is 5.77. The molecule has 0 atom stereocenters. The number of nitrogens with zero attached hydrogens (tertiary/aromatic N) is 2. The number of hydrogen-bond acceptors (Lipinski definition) is 6. The van der Waals surface area contributed by atoms with Crippen molar-refractivity contribution in [3.05, 3.63) is 42.5 Å². The van der Waals surface area contributed by atoms with Crippen LogP contribution in [0.25, 0.3) is 0 Å². The van der Waals surface area contributed by atoms with Gasteiger partial charge in [-0.1, -0.05) is 41.3 Å². The molecule has 110 valence electrons. The third kappa shape index (κ3) is 5.20. The monoisotopic (exact) mass is 321 g/mol. The van der Waals surface area contributed by atoms with E-state index in [1.54, 1.807) is 6.08 Å². The van der Waals surface area contributed by atoms with E-state index in [-0.39, 0.29) is 12.5 Å². The molecule has 0 radical (unpaired) electrons. The predicted molar refractivity (Wildman–Crippen MR) is 86.1 cm³/mol. The highest BCUT2D eigenvalue weighted by Crippen LogP contribution is 2.25. The highest BCUT2D eigenvalue weighted by atomic mass is 32.2. The molecule has 0 unspecified atom stereocenters. The Bertz CT molecular complexity index is 628. The Morgan fingerprint density at radius 3 is 3.14 bits per heavy atom. The van der Waals surface area contributed by atoms with Gasteiger partial charge in [-0.3, -0.25) is 10.1 Å². The van der Waals surface area contributed by atoms with Gasteiger partial charge in [0.25, 0.3) is 5.91 Å². The first-order valence-corrected chi connectivity index (χ1v) is 8.04. The average Bonchev–Trinajstić information content (AvgIpc) is 2.90. The number of rotatable bonds is 7. The molecule has 5 nitrogen and oxygen atoms in total. The molecule has 1 N–H and O–H groups in total. The molecule has 0 bridgehead atoms. The third-order valence-electron chi connectivity index (χ3n) is 2.34. The zero-order valence-electron chi connectivity index (χ0n) is 11.5. The number of nitrogens with one attached hydrogen (secondary N) is 1. The van der Waals surface area contributed by atoms with Gasteiger partial charge in [-0.15, -0.1) is 16.8 Å². The van der Waals surface area contributed by atoms with Gasteiger partial charge in [0.05, 0.1) is 0 Å². The van der Waals surface area contributed by atoms with Gasteiger partial charge in [-0.25, -0.2) is 0 Å². The molecule has 0 aliphatic carbocycles. The smallest absolute Gasteiger partial charge is 0.264 e. The first-order chi connectivity index (χ1) is 10.2. The lowest BCUT2D eigenvalue weighted by molar-refractivity contribution is -0.118. The number of benzene rings is 1. The summed E-state index contributed by atoms with van der Waals surface area (Å²) in [7, 11) is 0. The van der Waals surface area contributed by atoms with Crippen molar-refractivity contribution in [2.24, 2.45) is 0 Å². The number of thioether (sulfide) groups is 1. The van der Waals surface area contributed by atoms with E-state index in [1.807, 2.05) is 31.2 Å². The van der Waals surface area contributed by atoms with Crippen molar-refractivity contribution in [3.63, 3.8) is 0 Å². The van der Waals surface area contributed by atoms with Gasteiger partial charge in [0, 0.05) is 5.75 Å². The van der Waals surface area contributed by atoms with Crippen LogP contribution in [0.2, 0.25) is 0 Å². The summed E-state index contributed by atoms with van der Waals surface area (Å²) in [4.78, 5) is 11.8. The van der Waals surface area contributed by atoms with E-state index >= 15 is 0 Å². The second-order valence-electron chi connectivity index (χ2n) is 4.13. The fourth-order valence-electron chi connectivity index (χ4n) is 1.46. The number of aryl methyl sites for hydroxylation is 1. The summed E-state index contributed by atoms with van der Waals surface area (Å²) in [6.07, 6.45) is 1.79. The molecule has 1 heterocycles. The molecule has 7 heteroatoms. The number of hydrogen-bond donors (Lipinski definition) is 1. The molecule has 1 amide bonds. The Morgan fingerprint density at radius 1 is 1.52 bits per heavy atom. The zero-order chi connectivity index (χ0) is 15.1. The lowest BCUT2D eigenvalue weighted by Gasteiger charge is -2.05. The summed E-state index contributed by atoms with van der Waals surface area (Å²) < 4.78 is 6.21. The minimum absolute atomic E-state index is 0.0574. The first-order valence-electron chi connectivity index (χ1n) is 6.24. The number of carbonyl (C=O) groups is 1. The number of anilines is 1. The van der Waals surface area contributed by atoms with Crippen molar-refractivity contribution in [2.75, 3.05) is 17.7 Å². The molecular weight excluding hydrogens is 306 g/mol. The average molecular weight is 321 g/mol. The quantitative estimate of drug-likeness (QED) is 0.482. The molecule has 21 heavy (non-hydrogen) atoms. The van der Waals surface area contributed by atoms with Crippen LogP contribution in [0.4, 0.5) is 5.13 Å². The maximum absolute atomic E-state index is 11.8. The molecular formula is C14H15N3O2S2. The number of aromatic nitrogens is 2. The minimum Gasteiger partial charge on any atom is -0.484 e. The van der Waals surface area contributed by atoms with Crippen molar-refractivity contribution in [1.29, 1.82) is 0 Å². The summed E-state index contributed by atoms with van der Waals surface area (Å²) in [5.41, 5.74) is 1.08. The lowest BCUT2D eigenvalue weighted by atomic mass is 10.2. The van der Waals surface area contributed by atoms with E-state index in [1.165, 1.54) is 23.1 Å². The van der Waals surface area contributed by atoms with Crippen LogP contribution in [0.1, 0.15) is 5.56 Å². The first kappa shape index (κ1) is 15.5. The van der Waals surface area contributed by atoms with E-state index in [2.05, 4.69) is 22.1 Å². The fourth-order valence-corrected chi connectivity index (χ4v) is 2.99. The SMILES string of the molecule is C=CCSc1nnc(NC(=O)COc2cccc(C)c2)s1. The highest BCUT2D eigenvalue weighted by Gasteiger charge is 2.09. The van der Waals surface area contributed by atoms with Gasteiger partial charge in [-0.05, 0) is 24.6 Å². The fraction of sp³-hybridized carbons (Fsp3) is 0.214. The predicted octanol–water partition coefficient (Wildman–Crippen LogP) is 3.14. The lowest BCUT2D eigenvalue weighted by Crippen LogP contribution is -2.20. The Balaban J connectivity index is 1.81. The minimum atomic E-state index is -0.257. The summed E-state index contributed by atoms with van der Waals surface area (Å²) >= 11 is 2.86. The van der Waals surface area contributed by atoms with E-state index < -0.39 is 0 Å². The topological polar surface area (TPSA) is 64.1 Å². The zero-order valence-corrected chi connectivity index (χ0v) is 13.2. The Labute approximate surface area is 131 Å². The van der Waals surface area contributed by atoms with Crippen LogP contribution in [0.5, 0.6) is 5.75 Å². The van der Waals surface area contributed by atoms with Crippen LogP contribution in [-0.2, 0) is 4.79 Å². The molecule has 0 aliphatic rings. The molecule has 1 aromatic carbocycles. The second-order valence-corrected chi connectivity index (χ2v) is 6.37. The van der Waals surface area contributed by atoms with Crippen LogP contribution >= 0.6 is 23.1 Å². The van der Waals surface area contributed by atoms with Gasteiger partial charge in [0.1, 0.15) is 5.75 Å². The Morgan fingerprint density at radius 2 is 2.38 bits per heavy atom. The molecule has 0 fully saturated rings. The van der Waals surface area contributed by atoms with Crippen molar-refractivity contribution >= 4 is 34.1 Å². The van der Waals surface area contributed by atoms with Crippen molar-refractivity contribution in [1.82, 2.24) is 10.2 Å². The number of carbonyl (C=O) groups excluding carboxylic acids is 1. The molecule has 0 spiro atoms. The standard InChI is InChI=1S/C14H15N3O2S2/c1-3-7-20-14-17-16-13(21-14)15-12(18)9-19-11-6-4-5-10(2)8-11/h3-6,8H,1,7,9H2,2H3,(H,15,16,18). The van der Waals surface area contributed by atoms with E-state index in [9.17, 15) is 4.79 Å². The molecule has 2 aromatic rings. The van der Waals surface area contributed by atoms with Crippen LogP contribution in [0.3, 0.4) is 0 Å². The van der Waals surface area contributed by atoms with E-state index in [0.29, 0.717) is 10.9 Å². The van der Waals surface area contributed by atoms with Crippen molar-refractivity contribution in [2.45, 2.75) is 11.3 Å². The third-order valence-corrected chi connectivity index (χ3v) is 4.30. The van der Waals surface area contributed by atoms with Crippen LogP contribution in [-0.4, -0.2) is 28.5 Å². The summed E-state index contributed by atoms with van der Waals surface area (Å²) in [5.74, 6) is 1.18. The van der Waals surface area contributed by atoms with Crippen molar-refractivity contribution in [3.8, 4) is 5.75 Å². The van der Waals surface area contributed by atoms with Crippen LogP contribution in [0.15, 0.2) is 41.3 Å². The summed E-state index contributed by atoms with van der Waals surface area (Å²) in [6.45, 7) is 5.55. The van der Waals surface area contributed by atoms with Gasteiger partial charge in [0.2, 0.25) is 5.13 Å². The van der Waals surface area contributed by atoms with Gasteiger partial charge < -0.3 is 4.74 Å². The number of amides is 1. The van der Waals surface area contributed by atoms with Gasteiger partial charge in [-0.2, -0.15) is 0 Å². The second kappa shape index (κ2) is 7.80. The molecule has 0 saturated heterocycles. The summed E-state index contributed by atoms with van der Waals surface area (Å²) in [5, 5.41) is 11.0. The molecule has 0 saturated carbocycles. The normalized spacial score (nSPS) is 10.1. The molecule has 0 aliphatic heterocycles. The van der Waals surface area contributed by atoms with Crippen LogP contribution < -0.4 is 10.1 Å². The number of ether oxygens (including phenoxy) is 1. The van der Waals surface area contributed by atoms with E-state index in [0.717, 1.165) is 15.7 Å². The highest BCUT2D eigenvalue weighted by molar-refractivity contribution is 8.01. The largest absolute Gasteiger partial charge is 0.484 e. The van der Waals surface area contributed by atoms with Gasteiger partial charge >= 0.3 is 0 Å². The van der Waals surface area contributed by atoms with Crippen molar-refractivity contribution < 1.29 is 9.53 Å². The molecule has 1 aromatic heterocycles. The Hall–Kier alpha value is -1.86. The van der Waals surface area contributed by atoms with Gasteiger partial charge in [0.15, 0.2) is 10.9 Å². The maximum Gasteiger partial charge on any atom is 0.264 e. The molecule has 2 rings (SSSR count).